The second-order valence-corrected chi connectivity index (χ2v) is 3.99. The average Bonchev–Trinajstić information content (AvgIpc) is 2.55. The Labute approximate surface area is 94.2 Å². The van der Waals surface area contributed by atoms with E-state index in [0.717, 1.165) is 5.56 Å². The van der Waals surface area contributed by atoms with E-state index in [1.807, 2.05) is 6.07 Å². The predicted octanol–water partition coefficient (Wildman–Crippen LogP) is 0.674. The van der Waals surface area contributed by atoms with Crippen LogP contribution < -0.4 is 5.32 Å². The fraction of sp³-hybridized carbons (Fsp3) is 0.333. The van der Waals surface area contributed by atoms with Gasteiger partial charge in [-0.2, -0.15) is 0 Å². The summed E-state index contributed by atoms with van der Waals surface area (Å²) in [6, 6.07) is 5.34. The minimum absolute atomic E-state index is 0.00546. The molecule has 1 aromatic rings. The van der Waals surface area contributed by atoms with Crippen molar-refractivity contribution in [2.45, 2.75) is 6.54 Å². The van der Waals surface area contributed by atoms with Crippen LogP contribution in [0.4, 0.5) is 0 Å². The summed E-state index contributed by atoms with van der Waals surface area (Å²) in [5, 5.41) is 2.81. The highest BCUT2D eigenvalue weighted by atomic mass is 16.2. The zero-order chi connectivity index (χ0) is 11.7. The van der Waals surface area contributed by atoms with E-state index >= 15 is 0 Å². The fourth-order valence-corrected chi connectivity index (χ4v) is 1.88. The molecule has 1 N–H and O–H groups in total. The lowest BCUT2D eigenvalue weighted by atomic mass is 10.0. The number of amides is 1. The van der Waals surface area contributed by atoms with E-state index in [9.17, 15) is 9.59 Å². The number of ketones is 1. The van der Waals surface area contributed by atoms with Crippen molar-refractivity contribution in [2.24, 2.45) is 0 Å². The maximum Gasteiger partial charge on any atom is 0.254 e. The van der Waals surface area contributed by atoms with Gasteiger partial charge in [-0.3, -0.25) is 9.59 Å². The molecular weight excluding hydrogens is 204 g/mol. The number of fused-ring (bicyclic) bond motifs is 1. The van der Waals surface area contributed by atoms with Gasteiger partial charge in [-0.15, -0.1) is 0 Å². The number of nitrogens with one attached hydrogen (secondary N) is 1. The Morgan fingerprint density at radius 2 is 2.25 bits per heavy atom. The van der Waals surface area contributed by atoms with E-state index in [1.165, 1.54) is 0 Å². The van der Waals surface area contributed by atoms with Gasteiger partial charge >= 0.3 is 0 Å². The molecule has 4 heteroatoms. The molecule has 0 radical (unpaired) electrons. The maximum atomic E-state index is 11.7. The van der Waals surface area contributed by atoms with Crippen molar-refractivity contribution in [3.63, 3.8) is 0 Å². The Hall–Kier alpha value is -1.68. The molecule has 1 aromatic carbocycles. The molecule has 1 amide bonds. The smallest absolute Gasteiger partial charge is 0.254 e. The van der Waals surface area contributed by atoms with Crippen LogP contribution in [0.1, 0.15) is 26.3 Å². The van der Waals surface area contributed by atoms with Crippen molar-refractivity contribution in [1.82, 2.24) is 10.2 Å². The third-order valence-electron chi connectivity index (χ3n) is 2.75. The second-order valence-electron chi connectivity index (χ2n) is 3.99. The lowest BCUT2D eigenvalue weighted by Gasteiger charge is -2.04. The molecule has 1 aliphatic heterocycles. The molecule has 1 heterocycles. The number of likely N-dealkylation sites (N-methyl/N-ethyl adjacent to an activating group) is 1. The molecule has 0 aliphatic carbocycles. The van der Waals surface area contributed by atoms with Gasteiger partial charge in [0.15, 0.2) is 5.78 Å². The Bertz CT molecular complexity index is 454. The summed E-state index contributed by atoms with van der Waals surface area (Å²) < 4.78 is 0. The van der Waals surface area contributed by atoms with Crippen LogP contribution in [0.25, 0.3) is 0 Å². The summed E-state index contributed by atoms with van der Waals surface area (Å²) in [4.78, 5) is 25.0. The van der Waals surface area contributed by atoms with Crippen molar-refractivity contribution in [3.8, 4) is 0 Å². The normalized spacial score (nSPS) is 14.1. The number of hydrogen-bond donors (Lipinski definition) is 1. The molecule has 0 aromatic heterocycles. The summed E-state index contributed by atoms with van der Waals surface area (Å²) in [6.45, 7) is 0.928. The molecule has 1 aliphatic rings. The molecular formula is C12H14N2O2. The third-order valence-corrected chi connectivity index (χ3v) is 2.75. The highest BCUT2D eigenvalue weighted by Crippen LogP contribution is 2.22. The number of nitrogens with zero attached hydrogens (tertiary/aromatic N) is 1. The van der Waals surface area contributed by atoms with Gasteiger partial charge in [-0.1, -0.05) is 12.1 Å². The highest BCUT2D eigenvalue weighted by molar-refractivity contribution is 6.03. The lowest BCUT2D eigenvalue weighted by molar-refractivity contribution is 0.0816. The van der Waals surface area contributed by atoms with Crippen LogP contribution in [0, 0.1) is 0 Å². The van der Waals surface area contributed by atoms with Gasteiger partial charge in [0.1, 0.15) is 0 Å². The van der Waals surface area contributed by atoms with E-state index in [0.29, 0.717) is 24.2 Å². The first-order valence-electron chi connectivity index (χ1n) is 5.19. The minimum atomic E-state index is -0.00546. The number of carbonyl (C=O) groups is 2. The SMILES string of the molecule is CNCC(=O)c1ccc2c(c1)C(=O)N(C)C2. The first kappa shape index (κ1) is 10.8. The van der Waals surface area contributed by atoms with Crippen molar-refractivity contribution in [3.05, 3.63) is 34.9 Å². The van der Waals surface area contributed by atoms with Gasteiger partial charge in [0.25, 0.3) is 5.91 Å². The van der Waals surface area contributed by atoms with Crippen LogP contribution in [-0.4, -0.2) is 37.2 Å². The number of benzene rings is 1. The Morgan fingerprint density at radius 1 is 1.50 bits per heavy atom. The summed E-state index contributed by atoms with van der Waals surface area (Å²) in [5.74, 6) is 0.00163. The molecule has 0 unspecified atom stereocenters. The molecule has 0 fully saturated rings. The van der Waals surface area contributed by atoms with E-state index in [1.54, 1.807) is 31.1 Å². The molecule has 16 heavy (non-hydrogen) atoms. The quantitative estimate of drug-likeness (QED) is 0.759. The van der Waals surface area contributed by atoms with Crippen molar-refractivity contribution >= 4 is 11.7 Å². The molecule has 84 valence electrons. The summed E-state index contributed by atoms with van der Waals surface area (Å²) in [7, 11) is 3.49. The number of carbonyl (C=O) groups excluding carboxylic acids is 2. The summed E-state index contributed by atoms with van der Waals surface area (Å²) in [6.07, 6.45) is 0. The Balaban J connectivity index is 2.34. The maximum absolute atomic E-state index is 11.7. The van der Waals surface area contributed by atoms with E-state index < -0.39 is 0 Å². The van der Waals surface area contributed by atoms with Crippen LogP contribution in [0.15, 0.2) is 18.2 Å². The minimum Gasteiger partial charge on any atom is -0.337 e. The van der Waals surface area contributed by atoms with Gasteiger partial charge in [-0.05, 0) is 18.7 Å². The van der Waals surface area contributed by atoms with Gasteiger partial charge < -0.3 is 10.2 Å². The fourth-order valence-electron chi connectivity index (χ4n) is 1.88. The first-order chi connectivity index (χ1) is 7.63. The van der Waals surface area contributed by atoms with Crippen molar-refractivity contribution < 1.29 is 9.59 Å². The predicted molar refractivity (Wildman–Crippen MR) is 60.5 cm³/mol. The molecule has 2 rings (SSSR count). The van der Waals surface area contributed by atoms with Crippen molar-refractivity contribution in [1.29, 1.82) is 0 Å². The summed E-state index contributed by atoms with van der Waals surface area (Å²) in [5.41, 5.74) is 2.25. The highest BCUT2D eigenvalue weighted by Gasteiger charge is 2.24. The van der Waals surface area contributed by atoms with Gasteiger partial charge in [0.05, 0.1) is 6.54 Å². The lowest BCUT2D eigenvalue weighted by Crippen LogP contribution is -2.19. The van der Waals surface area contributed by atoms with Crippen LogP contribution in [0.2, 0.25) is 0 Å². The standard InChI is InChI=1S/C12H14N2O2/c1-13-6-11(15)8-3-4-9-7-14(2)12(16)10(9)5-8/h3-5,13H,6-7H2,1-2H3. The average molecular weight is 218 g/mol. The van der Waals surface area contributed by atoms with E-state index in [2.05, 4.69) is 5.32 Å². The van der Waals surface area contributed by atoms with Gasteiger partial charge in [0.2, 0.25) is 0 Å². The van der Waals surface area contributed by atoms with Crippen molar-refractivity contribution in [2.75, 3.05) is 20.6 Å². The zero-order valence-corrected chi connectivity index (χ0v) is 9.41. The van der Waals surface area contributed by atoms with Crippen LogP contribution >= 0.6 is 0 Å². The number of Topliss-reactive ketones (excluding diaryl/α,β-unsaturated/α-hetero) is 1. The molecule has 4 nitrogen and oxygen atoms in total. The molecule has 0 spiro atoms. The first-order valence-corrected chi connectivity index (χ1v) is 5.19. The largest absolute Gasteiger partial charge is 0.337 e. The van der Waals surface area contributed by atoms with Gasteiger partial charge in [0, 0.05) is 24.7 Å². The van der Waals surface area contributed by atoms with Crippen LogP contribution in [0.5, 0.6) is 0 Å². The Kier molecular flexibility index (Phi) is 2.75. The summed E-state index contributed by atoms with van der Waals surface area (Å²) >= 11 is 0. The monoisotopic (exact) mass is 218 g/mol. The molecule has 0 bridgehead atoms. The molecule has 0 atom stereocenters. The Morgan fingerprint density at radius 3 is 2.94 bits per heavy atom. The second kappa shape index (κ2) is 4.06. The zero-order valence-electron chi connectivity index (χ0n) is 9.41. The van der Waals surface area contributed by atoms with Crippen LogP contribution in [-0.2, 0) is 6.54 Å². The molecule has 0 saturated carbocycles. The van der Waals surface area contributed by atoms with Crippen LogP contribution in [0.3, 0.4) is 0 Å². The van der Waals surface area contributed by atoms with E-state index in [-0.39, 0.29) is 11.7 Å². The third kappa shape index (κ3) is 1.72. The number of rotatable bonds is 3. The number of hydrogen-bond acceptors (Lipinski definition) is 3. The topological polar surface area (TPSA) is 49.4 Å². The van der Waals surface area contributed by atoms with Gasteiger partial charge in [-0.25, -0.2) is 0 Å². The van der Waals surface area contributed by atoms with E-state index in [4.69, 9.17) is 0 Å². The molecule has 0 saturated heterocycles.